The maximum absolute atomic E-state index is 5.36. The third-order valence-electron chi connectivity index (χ3n) is 3.88. The van der Waals surface area contributed by atoms with E-state index in [-0.39, 0.29) is 0 Å². The number of benzene rings is 1. The second-order valence-corrected chi connectivity index (χ2v) is 7.26. The van der Waals surface area contributed by atoms with Crippen molar-refractivity contribution in [3.8, 4) is 0 Å². The van der Waals surface area contributed by atoms with Gasteiger partial charge < -0.3 is 10.6 Å². The molecule has 0 spiro atoms. The SMILES string of the molecule is CCn1cc(Br)c(CNC(=S)Nc2cnn(Cc3ccc(C)cc3)c2)n1. The van der Waals surface area contributed by atoms with Crippen molar-refractivity contribution in [1.29, 1.82) is 0 Å². The number of hydrogen-bond donors (Lipinski definition) is 2. The molecule has 3 rings (SSSR count). The highest BCUT2D eigenvalue weighted by Gasteiger charge is 2.07. The van der Waals surface area contributed by atoms with E-state index in [1.165, 1.54) is 11.1 Å². The molecule has 0 aliphatic heterocycles. The van der Waals surface area contributed by atoms with E-state index in [1.807, 2.05) is 21.8 Å². The van der Waals surface area contributed by atoms with Crippen LogP contribution in [0.15, 0.2) is 47.3 Å². The predicted octanol–water partition coefficient (Wildman–Crippen LogP) is 3.71. The number of nitrogens with one attached hydrogen (secondary N) is 2. The third-order valence-corrected chi connectivity index (χ3v) is 4.79. The van der Waals surface area contributed by atoms with E-state index in [2.05, 4.69) is 74.9 Å². The Labute approximate surface area is 166 Å². The average Bonchev–Trinajstić information content (AvgIpc) is 3.21. The summed E-state index contributed by atoms with van der Waals surface area (Å²) in [6, 6.07) is 8.44. The van der Waals surface area contributed by atoms with Crippen LogP contribution in [0.2, 0.25) is 0 Å². The van der Waals surface area contributed by atoms with Crippen LogP contribution in [0, 0.1) is 6.92 Å². The molecular weight excluding hydrogens is 412 g/mol. The maximum Gasteiger partial charge on any atom is 0.171 e. The zero-order valence-electron chi connectivity index (χ0n) is 14.7. The average molecular weight is 433 g/mol. The Morgan fingerprint density at radius 2 is 1.96 bits per heavy atom. The molecule has 136 valence electrons. The van der Waals surface area contributed by atoms with E-state index in [0.717, 1.165) is 28.9 Å². The van der Waals surface area contributed by atoms with E-state index < -0.39 is 0 Å². The number of anilines is 1. The zero-order valence-corrected chi connectivity index (χ0v) is 17.1. The summed E-state index contributed by atoms with van der Waals surface area (Å²) in [6.45, 7) is 6.25. The van der Waals surface area contributed by atoms with Crippen LogP contribution in [0.1, 0.15) is 23.7 Å². The fraction of sp³-hybridized carbons (Fsp3) is 0.278. The molecule has 0 radical (unpaired) electrons. The van der Waals surface area contributed by atoms with Crippen LogP contribution < -0.4 is 10.6 Å². The molecule has 0 aliphatic rings. The molecule has 1 aromatic carbocycles. The van der Waals surface area contributed by atoms with Gasteiger partial charge in [0.1, 0.15) is 0 Å². The Kier molecular flexibility index (Phi) is 6.05. The Morgan fingerprint density at radius 1 is 1.19 bits per heavy atom. The quantitative estimate of drug-likeness (QED) is 0.581. The monoisotopic (exact) mass is 432 g/mol. The molecule has 0 aliphatic carbocycles. The molecule has 0 saturated heterocycles. The lowest BCUT2D eigenvalue weighted by molar-refractivity contribution is 0.643. The minimum absolute atomic E-state index is 0.540. The maximum atomic E-state index is 5.36. The topological polar surface area (TPSA) is 59.7 Å². The number of aryl methyl sites for hydroxylation is 2. The van der Waals surface area contributed by atoms with Crippen molar-refractivity contribution in [2.45, 2.75) is 33.5 Å². The molecule has 2 aromatic heterocycles. The van der Waals surface area contributed by atoms with Gasteiger partial charge in [-0.15, -0.1) is 0 Å². The molecule has 0 fully saturated rings. The first-order valence-electron chi connectivity index (χ1n) is 8.38. The Hall–Kier alpha value is -2.19. The van der Waals surface area contributed by atoms with Gasteiger partial charge in [-0.2, -0.15) is 10.2 Å². The smallest absolute Gasteiger partial charge is 0.171 e. The molecule has 6 nitrogen and oxygen atoms in total. The number of aromatic nitrogens is 4. The molecule has 8 heteroatoms. The highest BCUT2D eigenvalue weighted by Crippen LogP contribution is 2.14. The van der Waals surface area contributed by atoms with Crippen molar-refractivity contribution in [1.82, 2.24) is 24.9 Å². The van der Waals surface area contributed by atoms with Crippen LogP contribution >= 0.6 is 28.1 Å². The zero-order chi connectivity index (χ0) is 18.5. The highest BCUT2D eigenvalue weighted by molar-refractivity contribution is 9.10. The summed E-state index contributed by atoms with van der Waals surface area (Å²) in [5.74, 6) is 0. The van der Waals surface area contributed by atoms with E-state index in [9.17, 15) is 0 Å². The van der Waals surface area contributed by atoms with E-state index >= 15 is 0 Å². The summed E-state index contributed by atoms with van der Waals surface area (Å²) in [5, 5.41) is 15.7. The summed E-state index contributed by atoms with van der Waals surface area (Å²) < 4.78 is 4.74. The van der Waals surface area contributed by atoms with Gasteiger partial charge in [0.15, 0.2) is 5.11 Å². The van der Waals surface area contributed by atoms with Gasteiger partial charge in [0.2, 0.25) is 0 Å². The molecule has 0 bridgehead atoms. The number of hydrogen-bond acceptors (Lipinski definition) is 3. The van der Waals surface area contributed by atoms with Crippen molar-refractivity contribution in [3.63, 3.8) is 0 Å². The molecule has 0 unspecified atom stereocenters. The standard InChI is InChI=1S/C18H21BrN6S/c1-3-24-12-16(19)17(23-24)9-20-18(26)22-15-8-21-25(11-15)10-14-6-4-13(2)5-7-14/h4-8,11-12H,3,9-10H2,1-2H3,(H2,20,22,26). The molecule has 3 aromatic rings. The Bertz CT molecular complexity index is 883. The second kappa shape index (κ2) is 8.46. The van der Waals surface area contributed by atoms with Gasteiger partial charge >= 0.3 is 0 Å². The van der Waals surface area contributed by atoms with Gasteiger partial charge in [-0.05, 0) is 47.6 Å². The van der Waals surface area contributed by atoms with E-state index in [0.29, 0.717) is 11.7 Å². The lowest BCUT2D eigenvalue weighted by atomic mass is 10.1. The van der Waals surface area contributed by atoms with Crippen LogP contribution in [0.25, 0.3) is 0 Å². The second-order valence-electron chi connectivity index (χ2n) is 6.00. The van der Waals surface area contributed by atoms with Gasteiger partial charge in [0.05, 0.1) is 35.1 Å². The van der Waals surface area contributed by atoms with Crippen LogP contribution in [0.3, 0.4) is 0 Å². The van der Waals surface area contributed by atoms with Crippen molar-refractivity contribution in [2.24, 2.45) is 0 Å². The molecule has 0 atom stereocenters. The number of thiocarbonyl (C=S) groups is 1. The summed E-state index contributed by atoms with van der Waals surface area (Å²) >= 11 is 8.87. The van der Waals surface area contributed by atoms with Crippen molar-refractivity contribution >= 4 is 38.9 Å². The normalized spacial score (nSPS) is 10.7. The summed E-state index contributed by atoms with van der Waals surface area (Å²) in [5.41, 5.74) is 4.24. The summed E-state index contributed by atoms with van der Waals surface area (Å²) in [6.07, 6.45) is 5.67. The first kappa shape index (κ1) is 18.6. The predicted molar refractivity (Wildman–Crippen MR) is 111 cm³/mol. The van der Waals surface area contributed by atoms with Crippen molar-refractivity contribution in [3.05, 3.63) is 64.1 Å². The van der Waals surface area contributed by atoms with Gasteiger partial charge in [-0.25, -0.2) is 0 Å². The number of halogens is 1. The Balaban J connectivity index is 1.52. The van der Waals surface area contributed by atoms with Crippen LogP contribution in [0.5, 0.6) is 0 Å². The molecule has 2 N–H and O–H groups in total. The lowest BCUT2D eigenvalue weighted by Crippen LogP contribution is -2.28. The van der Waals surface area contributed by atoms with Crippen molar-refractivity contribution in [2.75, 3.05) is 5.32 Å². The minimum atomic E-state index is 0.540. The number of rotatable bonds is 6. The molecule has 0 saturated carbocycles. The highest BCUT2D eigenvalue weighted by atomic mass is 79.9. The van der Waals surface area contributed by atoms with Crippen LogP contribution in [0.4, 0.5) is 5.69 Å². The molecule has 26 heavy (non-hydrogen) atoms. The largest absolute Gasteiger partial charge is 0.357 e. The van der Waals surface area contributed by atoms with Crippen molar-refractivity contribution < 1.29 is 0 Å². The number of nitrogens with zero attached hydrogens (tertiary/aromatic N) is 4. The van der Waals surface area contributed by atoms with E-state index in [4.69, 9.17) is 12.2 Å². The van der Waals surface area contributed by atoms with E-state index in [1.54, 1.807) is 6.20 Å². The van der Waals surface area contributed by atoms with Gasteiger partial charge in [-0.1, -0.05) is 29.8 Å². The molecule has 2 heterocycles. The molecule has 0 amide bonds. The fourth-order valence-electron chi connectivity index (χ4n) is 2.45. The molecular formula is C18H21BrN6S. The summed E-state index contributed by atoms with van der Waals surface area (Å²) in [7, 11) is 0. The Morgan fingerprint density at radius 3 is 2.65 bits per heavy atom. The fourth-order valence-corrected chi connectivity index (χ4v) is 3.10. The third kappa shape index (κ3) is 4.92. The lowest BCUT2D eigenvalue weighted by Gasteiger charge is -2.07. The summed E-state index contributed by atoms with van der Waals surface area (Å²) in [4.78, 5) is 0. The first-order chi connectivity index (χ1) is 12.5. The van der Waals surface area contributed by atoms with Crippen LogP contribution in [-0.4, -0.2) is 24.7 Å². The van der Waals surface area contributed by atoms with Crippen LogP contribution in [-0.2, 0) is 19.6 Å². The minimum Gasteiger partial charge on any atom is -0.357 e. The van der Waals surface area contributed by atoms with Gasteiger partial charge in [0.25, 0.3) is 0 Å². The first-order valence-corrected chi connectivity index (χ1v) is 9.58. The van der Waals surface area contributed by atoms with Gasteiger partial charge in [0, 0.05) is 18.9 Å². The van der Waals surface area contributed by atoms with Gasteiger partial charge in [-0.3, -0.25) is 9.36 Å².